The van der Waals surface area contributed by atoms with Crippen LogP contribution >= 0.6 is 0 Å². The van der Waals surface area contributed by atoms with Crippen LogP contribution in [0.1, 0.15) is 19.4 Å². The average Bonchev–Trinajstić information content (AvgIpc) is 3.50. The quantitative estimate of drug-likeness (QED) is 0.374. The molecule has 0 saturated carbocycles. The highest BCUT2D eigenvalue weighted by Gasteiger charge is 2.33. The summed E-state index contributed by atoms with van der Waals surface area (Å²) in [5.41, 5.74) is 0.517. The van der Waals surface area contributed by atoms with Crippen LogP contribution in [0, 0.1) is 11.6 Å². The standard InChI is InChI=1S/C23H30F2N6O6/c1-4-30(5-6-36-29(3)21(33)12-26-9-16-10-28-35-14-16)22-19(24)7-17(8-20(22)25)31-13-18(37-23(31)34)11-27-15(2)32/h7-8,10,14,18,26H,4-6,9,11-13H2,1-3H3,(H,27,32)/t18-/m0/s1. The zero-order valence-corrected chi connectivity index (χ0v) is 20.8. The molecule has 3 rings (SSSR count). The van der Waals surface area contributed by atoms with Gasteiger partial charge < -0.3 is 24.8 Å². The second kappa shape index (κ2) is 13.0. The normalized spacial score (nSPS) is 15.0. The number of aromatic nitrogens is 1. The minimum atomic E-state index is -0.864. The van der Waals surface area contributed by atoms with E-state index in [1.807, 2.05) is 0 Å². The van der Waals surface area contributed by atoms with Gasteiger partial charge in [0.25, 0.3) is 5.91 Å². The van der Waals surface area contributed by atoms with Crippen molar-refractivity contribution >= 4 is 29.3 Å². The Morgan fingerprint density at radius 1 is 1.30 bits per heavy atom. The number of nitrogens with one attached hydrogen (secondary N) is 2. The lowest BCUT2D eigenvalue weighted by molar-refractivity contribution is -0.176. The van der Waals surface area contributed by atoms with Crippen molar-refractivity contribution in [1.82, 2.24) is 20.9 Å². The first-order chi connectivity index (χ1) is 17.7. The number of carbonyl (C=O) groups is 3. The lowest BCUT2D eigenvalue weighted by atomic mass is 10.2. The summed E-state index contributed by atoms with van der Waals surface area (Å²) in [6.45, 7) is 3.94. The lowest BCUT2D eigenvalue weighted by Gasteiger charge is -2.26. The Morgan fingerprint density at radius 2 is 2.03 bits per heavy atom. The summed E-state index contributed by atoms with van der Waals surface area (Å²) >= 11 is 0. The van der Waals surface area contributed by atoms with Gasteiger partial charge in [-0.25, -0.2) is 18.6 Å². The molecule has 2 aromatic rings. The van der Waals surface area contributed by atoms with E-state index in [2.05, 4.69) is 15.8 Å². The van der Waals surface area contributed by atoms with Crippen LogP contribution in [-0.2, 0) is 25.7 Å². The minimum Gasteiger partial charge on any atom is -0.442 e. The molecule has 2 N–H and O–H groups in total. The van der Waals surface area contributed by atoms with Crippen molar-refractivity contribution in [2.75, 3.05) is 56.2 Å². The summed E-state index contributed by atoms with van der Waals surface area (Å²) < 4.78 is 39.9. The fourth-order valence-electron chi connectivity index (χ4n) is 3.63. The van der Waals surface area contributed by atoms with Gasteiger partial charge in [-0.05, 0) is 6.92 Å². The van der Waals surface area contributed by atoms with Gasteiger partial charge in [-0.15, -0.1) is 0 Å². The van der Waals surface area contributed by atoms with Crippen LogP contribution in [0.3, 0.4) is 0 Å². The number of anilines is 2. The van der Waals surface area contributed by atoms with E-state index in [0.29, 0.717) is 6.54 Å². The summed E-state index contributed by atoms with van der Waals surface area (Å²) in [7, 11) is 1.45. The number of rotatable bonds is 13. The average molecular weight is 525 g/mol. The number of hydroxylamine groups is 2. The molecule has 202 valence electrons. The summed E-state index contributed by atoms with van der Waals surface area (Å²) in [4.78, 5) is 43.4. The third kappa shape index (κ3) is 7.60. The molecule has 1 aromatic carbocycles. The fraction of sp³-hybridized carbons (Fsp3) is 0.478. The van der Waals surface area contributed by atoms with E-state index in [0.717, 1.165) is 27.7 Å². The maximum absolute atomic E-state index is 15.0. The van der Waals surface area contributed by atoms with Gasteiger partial charge in [0.15, 0.2) is 11.6 Å². The van der Waals surface area contributed by atoms with Crippen molar-refractivity contribution in [3.63, 3.8) is 0 Å². The number of halogens is 2. The number of hydrogen-bond donors (Lipinski definition) is 2. The number of benzene rings is 1. The molecule has 0 radical (unpaired) electrons. The number of ether oxygens (including phenoxy) is 1. The molecular formula is C23H30F2N6O6. The monoisotopic (exact) mass is 524 g/mol. The molecule has 1 fully saturated rings. The Hall–Kier alpha value is -3.78. The molecule has 2 heterocycles. The van der Waals surface area contributed by atoms with Crippen LogP contribution in [0.2, 0.25) is 0 Å². The van der Waals surface area contributed by atoms with Gasteiger partial charge in [0, 0.05) is 51.3 Å². The van der Waals surface area contributed by atoms with Crippen molar-refractivity contribution < 1.29 is 37.3 Å². The zero-order chi connectivity index (χ0) is 26.9. The van der Waals surface area contributed by atoms with E-state index < -0.39 is 23.8 Å². The number of cyclic esters (lactones) is 1. The van der Waals surface area contributed by atoms with E-state index in [-0.39, 0.29) is 62.5 Å². The summed E-state index contributed by atoms with van der Waals surface area (Å²) in [6, 6.07) is 2.11. The SMILES string of the molecule is CCN(CCON(C)C(=O)CNCc1cnoc1)c1c(F)cc(N2C[C@H](CNC(C)=O)OC2=O)cc1F. The highest BCUT2D eigenvalue weighted by atomic mass is 19.1. The van der Waals surface area contributed by atoms with Crippen molar-refractivity contribution in [3.8, 4) is 0 Å². The van der Waals surface area contributed by atoms with Gasteiger partial charge in [-0.3, -0.25) is 19.3 Å². The van der Waals surface area contributed by atoms with E-state index in [4.69, 9.17) is 14.1 Å². The molecule has 14 heteroatoms. The molecule has 1 saturated heterocycles. The van der Waals surface area contributed by atoms with Gasteiger partial charge in [0.1, 0.15) is 18.1 Å². The first-order valence-corrected chi connectivity index (χ1v) is 11.6. The summed E-state index contributed by atoms with van der Waals surface area (Å²) in [5.74, 6) is -2.35. The van der Waals surface area contributed by atoms with Gasteiger partial charge in [0.2, 0.25) is 5.91 Å². The highest BCUT2D eigenvalue weighted by molar-refractivity contribution is 5.90. The molecule has 3 amide bonds. The highest BCUT2D eigenvalue weighted by Crippen LogP contribution is 2.31. The maximum Gasteiger partial charge on any atom is 0.414 e. The van der Waals surface area contributed by atoms with Gasteiger partial charge >= 0.3 is 6.09 Å². The molecule has 1 atom stereocenters. The Balaban J connectivity index is 1.53. The Bertz CT molecular complexity index is 1060. The number of likely N-dealkylation sites (N-methyl/N-ethyl adjacent to an activating group) is 2. The number of amides is 3. The maximum atomic E-state index is 15.0. The van der Waals surface area contributed by atoms with Gasteiger partial charge in [-0.2, -0.15) is 0 Å². The number of nitrogens with zero attached hydrogens (tertiary/aromatic N) is 4. The molecule has 12 nitrogen and oxygen atoms in total. The third-order valence-electron chi connectivity index (χ3n) is 5.55. The summed E-state index contributed by atoms with van der Waals surface area (Å²) in [6.07, 6.45) is 1.60. The molecule has 0 unspecified atom stereocenters. The third-order valence-corrected chi connectivity index (χ3v) is 5.55. The molecular weight excluding hydrogens is 494 g/mol. The minimum absolute atomic E-state index is 0.00501. The van der Waals surface area contributed by atoms with Crippen LogP contribution in [0.4, 0.5) is 25.0 Å². The van der Waals surface area contributed by atoms with Crippen molar-refractivity contribution in [1.29, 1.82) is 0 Å². The second-order valence-electron chi connectivity index (χ2n) is 8.25. The van der Waals surface area contributed by atoms with Gasteiger partial charge in [-0.1, -0.05) is 5.16 Å². The van der Waals surface area contributed by atoms with Crippen LogP contribution in [0.25, 0.3) is 0 Å². The van der Waals surface area contributed by atoms with Crippen LogP contribution in [0.5, 0.6) is 0 Å². The van der Waals surface area contributed by atoms with Crippen molar-refractivity contribution in [3.05, 3.63) is 41.8 Å². The molecule has 0 bridgehead atoms. The van der Waals surface area contributed by atoms with E-state index in [9.17, 15) is 14.4 Å². The van der Waals surface area contributed by atoms with Crippen LogP contribution in [-0.4, -0.2) is 80.6 Å². The molecule has 1 aliphatic heterocycles. The lowest BCUT2D eigenvalue weighted by Crippen LogP contribution is -2.38. The van der Waals surface area contributed by atoms with E-state index in [1.54, 1.807) is 6.92 Å². The predicted octanol–water partition coefficient (Wildman–Crippen LogP) is 1.42. The molecule has 1 aliphatic rings. The predicted molar refractivity (Wildman–Crippen MR) is 127 cm³/mol. The Morgan fingerprint density at radius 3 is 2.65 bits per heavy atom. The second-order valence-corrected chi connectivity index (χ2v) is 8.25. The Kier molecular flexibility index (Phi) is 9.74. The first kappa shape index (κ1) is 27.8. The molecule has 1 aromatic heterocycles. The molecule has 0 spiro atoms. The number of hydrogen-bond acceptors (Lipinski definition) is 9. The largest absolute Gasteiger partial charge is 0.442 e. The van der Waals surface area contributed by atoms with Gasteiger partial charge in [0.05, 0.1) is 38.1 Å². The molecule has 37 heavy (non-hydrogen) atoms. The summed E-state index contributed by atoms with van der Waals surface area (Å²) in [5, 5.41) is 10.1. The topological polar surface area (TPSA) is 129 Å². The van der Waals surface area contributed by atoms with Crippen molar-refractivity contribution in [2.24, 2.45) is 0 Å². The Labute approximate surface area is 212 Å². The zero-order valence-electron chi connectivity index (χ0n) is 20.8. The number of carbonyl (C=O) groups excluding carboxylic acids is 3. The van der Waals surface area contributed by atoms with E-state index in [1.165, 1.54) is 31.3 Å². The smallest absolute Gasteiger partial charge is 0.414 e. The van der Waals surface area contributed by atoms with E-state index >= 15 is 8.78 Å². The first-order valence-electron chi connectivity index (χ1n) is 11.6. The van der Waals surface area contributed by atoms with Crippen LogP contribution in [0.15, 0.2) is 29.1 Å². The fourth-order valence-corrected chi connectivity index (χ4v) is 3.63. The van der Waals surface area contributed by atoms with Crippen molar-refractivity contribution in [2.45, 2.75) is 26.5 Å². The van der Waals surface area contributed by atoms with Crippen LogP contribution < -0.4 is 20.4 Å². The molecule has 0 aliphatic carbocycles.